The Morgan fingerprint density at radius 3 is 2.73 bits per heavy atom. The fraction of sp³-hybridized carbons (Fsp3) is 0.316. The van der Waals surface area contributed by atoms with Crippen molar-refractivity contribution in [2.24, 2.45) is 0 Å². The molecule has 0 aliphatic heterocycles. The van der Waals surface area contributed by atoms with Crippen molar-refractivity contribution in [2.45, 2.75) is 25.7 Å². The molecule has 0 aliphatic rings. The minimum Gasteiger partial charge on any atom is -0.494 e. The molecular weight excluding hydrogens is 354 g/mol. The van der Waals surface area contributed by atoms with Crippen molar-refractivity contribution >= 4 is 23.6 Å². The summed E-state index contributed by atoms with van der Waals surface area (Å²) >= 11 is 5.82. The van der Waals surface area contributed by atoms with E-state index >= 15 is 0 Å². The van der Waals surface area contributed by atoms with Crippen LogP contribution in [-0.2, 0) is 4.79 Å². The first-order valence-corrected chi connectivity index (χ1v) is 8.90. The number of aromatic amines is 1. The van der Waals surface area contributed by atoms with Gasteiger partial charge in [-0.2, -0.15) is 0 Å². The van der Waals surface area contributed by atoms with Crippen LogP contribution in [0.25, 0.3) is 6.08 Å². The first kappa shape index (κ1) is 19.7. The number of hydrogen-bond acceptors (Lipinski definition) is 4. The molecule has 1 amide bonds. The average Bonchev–Trinajstić information content (AvgIpc) is 2.64. The molecule has 0 aliphatic carbocycles. The third-order valence-corrected chi connectivity index (χ3v) is 3.86. The van der Waals surface area contributed by atoms with E-state index in [1.54, 1.807) is 12.1 Å². The number of carbonyl (C=O) groups is 1. The fourth-order valence-electron chi connectivity index (χ4n) is 2.21. The number of ether oxygens (including phenoxy) is 1. The number of amides is 1. The van der Waals surface area contributed by atoms with Crippen molar-refractivity contribution in [1.29, 1.82) is 0 Å². The molecule has 1 aromatic carbocycles. The monoisotopic (exact) mass is 375 g/mol. The minimum atomic E-state index is -0.273. The standard InChI is InChI=1S/C19H22ClN3O3/c20-16-6-8-17(9-7-16)26-12-4-2-1-3-11-22-18(24)10-5-15-13-21-14-23-19(15)25/h5-10,13-14H,1-4,11-12H2,(H,22,24)(H,21,23,25)/b10-5+. The van der Waals surface area contributed by atoms with E-state index in [0.717, 1.165) is 31.4 Å². The van der Waals surface area contributed by atoms with Crippen LogP contribution < -0.4 is 15.6 Å². The zero-order valence-corrected chi connectivity index (χ0v) is 15.2. The Labute approximate surface area is 157 Å². The average molecular weight is 376 g/mol. The van der Waals surface area contributed by atoms with Gasteiger partial charge in [0, 0.05) is 23.8 Å². The van der Waals surface area contributed by atoms with Gasteiger partial charge in [0.05, 0.1) is 18.5 Å². The van der Waals surface area contributed by atoms with Crippen LogP contribution in [0.1, 0.15) is 31.2 Å². The maximum Gasteiger partial charge on any atom is 0.257 e. The Hall–Kier alpha value is -2.60. The molecule has 26 heavy (non-hydrogen) atoms. The topological polar surface area (TPSA) is 84.1 Å². The van der Waals surface area contributed by atoms with Gasteiger partial charge in [-0.3, -0.25) is 9.59 Å². The van der Waals surface area contributed by atoms with Crippen molar-refractivity contribution < 1.29 is 9.53 Å². The summed E-state index contributed by atoms with van der Waals surface area (Å²) in [6, 6.07) is 7.31. The molecule has 0 saturated heterocycles. The summed E-state index contributed by atoms with van der Waals surface area (Å²) in [7, 11) is 0. The van der Waals surface area contributed by atoms with E-state index in [1.807, 2.05) is 12.1 Å². The molecule has 0 saturated carbocycles. The van der Waals surface area contributed by atoms with Gasteiger partial charge in [0.2, 0.25) is 5.91 Å². The summed E-state index contributed by atoms with van der Waals surface area (Å²) in [4.78, 5) is 29.4. The van der Waals surface area contributed by atoms with Crippen LogP contribution in [0.3, 0.4) is 0 Å². The number of nitrogens with one attached hydrogen (secondary N) is 2. The normalized spacial score (nSPS) is 10.8. The number of hydrogen-bond donors (Lipinski definition) is 2. The molecule has 0 spiro atoms. The molecule has 6 nitrogen and oxygen atoms in total. The highest BCUT2D eigenvalue weighted by Crippen LogP contribution is 2.15. The second-order valence-electron chi connectivity index (χ2n) is 5.68. The second-order valence-corrected chi connectivity index (χ2v) is 6.11. The maximum absolute atomic E-state index is 11.7. The number of unbranched alkanes of at least 4 members (excludes halogenated alkanes) is 3. The third-order valence-electron chi connectivity index (χ3n) is 3.61. The zero-order valence-electron chi connectivity index (χ0n) is 14.4. The second kappa shape index (κ2) is 11.1. The summed E-state index contributed by atoms with van der Waals surface area (Å²) in [5.74, 6) is 0.597. The molecule has 2 rings (SSSR count). The lowest BCUT2D eigenvalue weighted by Crippen LogP contribution is -2.22. The number of aromatic nitrogens is 2. The summed E-state index contributed by atoms with van der Waals surface area (Å²) in [6.45, 7) is 1.26. The predicted molar refractivity (Wildman–Crippen MR) is 102 cm³/mol. The molecule has 2 aromatic rings. The highest BCUT2D eigenvalue weighted by Gasteiger charge is 1.98. The maximum atomic E-state index is 11.7. The van der Waals surface area contributed by atoms with Crippen LogP contribution >= 0.6 is 11.6 Å². The third kappa shape index (κ3) is 7.53. The number of H-pyrrole nitrogens is 1. The smallest absolute Gasteiger partial charge is 0.257 e. The van der Waals surface area contributed by atoms with Crippen LogP contribution in [0.15, 0.2) is 47.7 Å². The number of carbonyl (C=O) groups excluding carboxylic acids is 1. The summed E-state index contributed by atoms with van der Waals surface area (Å²) in [5, 5.41) is 3.49. The van der Waals surface area contributed by atoms with Crippen LogP contribution in [0, 0.1) is 0 Å². The summed E-state index contributed by atoms with van der Waals surface area (Å²) in [5.41, 5.74) is 0.0770. The number of rotatable bonds is 10. The Balaban J connectivity index is 1.51. The van der Waals surface area contributed by atoms with Gasteiger partial charge in [-0.05, 0) is 43.2 Å². The first-order chi connectivity index (χ1) is 12.6. The molecule has 1 aromatic heterocycles. The first-order valence-electron chi connectivity index (χ1n) is 8.52. The summed E-state index contributed by atoms with van der Waals surface area (Å²) in [6.07, 6.45) is 9.41. The molecule has 0 bridgehead atoms. The van der Waals surface area contributed by atoms with Crippen molar-refractivity contribution in [3.05, 3.63) is 63.8 Å². The fourth-order valence-corrected chi connectivity index (χ4v) is 2.34. The summed E-state index contributed by atoms with van der Waals surface area (Å²) < 4.78 is 5.62. The van der Waals surface area contributed by atoms with Crippen LogP contribution in [0.5, 0.6) is 5.75 Å². The van der Waals surface area contributed by atoms with Gasteiger partial charge in [0.15, 0.2) is 0 Å². The van der Waals surface area contributed by atoms with Crippen LogP contribution in [0.4, 0.5) is 0 Å². The molecule has 0 atom stereocenters. The lowest BCUT2D eigenvalue weighted by atomic mass is 10.2. The molecule has 1 heterocycles. The Morgan fingerprint density at radius 2 is 1.96 bits per heavy atom. The highest BCUT2D eigenvalue weighted by atomic mass is 35.5. The molecule has 7 heteroatoms. The lowest BCUT2D eigenvalue weighted by molar-refractivity contribution is -0.116. The van der Waals surface area contributed by atoms with E-state index in [1.165, 1.54) is 24.7 Å². The van der Waals surface area contributed by atoms with Gasteiger partial charge in [0.1, 0.15) is 5.75 Å². The molecule has 0 unspecified atom stereocenters. The SMILES string of the molecule is O=C(/C=C/c1cnc[nH]c1=O)NCCCCCCOc1ccc(Cl)cc1. The van der Waals surface area contributed by atoms with E-state index in [-0.39, 0.29) is 11.5 Å². The van der Waals surface area contributed by atoms with Gasteiger partial charge < -0.3 is 15.0 Å². The van der Waals surface area contributed by atoms with Crippen molar-refractivity contribution in [2.75, 3.05) is 13.2 Å². The van der Waals surface area contributed by atoms with Crippen molar-refractivity contribution in [3.8, 4) is 5.75 Å². The van der Waals surface area contributed by atoms with Gasteiger partial charge in [-0.15, -0.1) is 0 Å². The van der Waals surface area contributed by atoms with Crippen molar-refractivity contribution in [1.82, 2.24) is 15.3 Å². The van der Waals surface area contributed by atoms with E-state index in [4.69, 9.17) is 16.3 Å². The lowest BCUT2D eigenvalue weighted by Gasteiger charge is -2.06. The molecule has 138 valence electrons. The van der Waals surface area contributed by atoms with Gasteiger partial charge in [-0.25, -0.2) is 4.98 Å². The van der Waals surface area contributed by atoms with E-state index in [9.17, 15) is 9.59 Å². The minimum absolute atomic E-state index is 0.223. The van der Waals surface area contributed by atoms with E-state index in [2.05, 4.69) is 15.3 Å². The Morgan fingerprint density at radius 1 is 1.19 bits per heavy atom. The van der Waals surface area contributed by atoms with Gasteiger partial charge in [-0.1, -0.05) is 24.4 Å². The van der Waals surface area contributed by atoms with E-state index < -0.39 is 0 Å². The molecule has 0 fully saturated rings. The number of halogens is 1. The predicted octanol–water partition coefficient (Wildman–Crippen LogP) is 3.19. The molecule has 0 radical (unpaired) electrons. The Kier molecular flexibility index (Phi) is 8.42. The quantitative estimate of drug-likeness (QED) is 0.493. The van der Waals surface area contributed by atoms with Gasteiger partial charge in [0.25, 0.3) is 5.56 Å². The largest absolute Gasteiger partial charge is 0.494 e. The van der Waals surface area contributed by atoms with Crippen molar-refractivity contribution in [3.63, 3.8) is 0 Å². The number of nitrogens with zero attached hydrogens (tertiary/aromatic N) is 1. The molecule has 2 N–H and O–H groups in total. The van der Waals surface area contributed by atoms with E-state index in [0.29, 0.717) is 23.7 Å². The highest BCUT2D eigenvalue weighted by molar-refractivity contribution is 6.30. The van der Waals surface area contributed by atoms with Crippen LogP contribution in [0.2, 0.25) is 5.02 Å². The zero-order chi connectivity index (χ0) is 18.6. The Bertz CT molecular complexity index is 772. The molecular formula is C19H22ClN3O3. The van der Waals surface area contributed by atoms with Crippen LogP contribution in [-0.4, -0.2) is 29.0 Å². The number of benzene rings is 1. The van der Waals surface area contributed by atoms with Gasteiger partial charge >= 0.3 is 0 Å².